The van der Waals surface area contributed by atoms with E-state index in [1.807, 2.05) is 47.9 Å². The molecule has 142 valence electrons. The van der Waals surface area contributed by atoms with Crippen molar-refractivity contribution in [3.8, 4) is 5.69 Å². The van der Waals surface area contributed by atoms with Gasteiger partial charge in [-0.2, -0.15) is 5.10 Å². The first-order valence-electron chi connectivity index (χ1n) is 9.13. The molecular weight excluding hydrogens is 348 g/mol. The molecule has 1 aromatic heterocycles. The van der Waals surface area contributed by atoms with Crippen LogP contribution in [0, 0.1) is 5.92 Å². The molecule has 2 rings (SSSR count). The van der Waals surface area contributed by atoms with Crippen LogP contribution < -0.4 is 5.32 Å². The van der Waals surface area contributed by atoms with Crippen molar-refractivity contribution < 1.29 is 4.79 Å². The van der Waals surface area contributed by atoms with Gasteiger partial charge in [-0.25, -0.2) is 4.68 Å². The minimum Gasteiger partial charge on any atom is -0.351 e. The van der Waals surface area contributed by atoms with Gasteiger partial charge in [-0.3, -0.25) is 4.79 Å². The molecule has 6 heteroatoms. The van der Waals surface area contributed by atoms with Gasteiger partial charge in [0, 0.05) is 18.1 Å². The molecule has 0 saturated carbocycles. The lowest BCUT2D eigenvalue weighted by Gasteiger charge is -2.12. The van der Waals surface area contributed by atoms with E-state index in [9.17, 15) is 4.79 Å². The third-order valence-electron chi connectivity index (χ3n) is 4.13. The number of aromatic nitrogens is 2. The normalized spacial score (nSPS) is 11.4. The van der Waals surface area contributed by atoms with Gasteiger partial charge in [0.05, 0.1) is 22.6 Å². The summed E-state index contributed by atoms with van der Waals surface area (Å²) in [4.78, 5) is 15.0. The molecule has 0 fully saturated rings. The molecule has 0 bridgehead atoms. The highest BCUT2D eigenvalue weighted by Crippen LogP contribution is 2.23. The fourth-order valence-electron chi connectivity index (χ4n) is 2.90. The molecule has 0 unspecified atom stereocenters. The first-order chi connectivity index (χ1) is 12.3. The summed E-state index contributed by atoms with van der Waals surface area (Å²) in [5.74, 6) is 0.376. The maximum atomic E-state index is 12.9. The fraction of sp³-hybridized carbons (Fsp3) is 0.500. The lowest BCUT2D eigenvalue weighted by atomic mass is 10.0. The van der Waals surface area contributed by atoms with Gasteiger partial charge in [-0.1, -0.05) is 32.4 Å². The first kappa shape index (κ1) is 20.5. The van der Waals surface area contributed by atoms with E-state index in [-0.39, 0.29) is 5.91 Å². The number of carbonyl (C=O) groups is 1. The highest BCUT2D eigenvalue weighted by atomic mass is 35.5. The molecular formula is C20H29ClN4O. The summed E-state index contributed by atoms with van der Waals surface area (Å²) in [6, 6.07) is 7.55. The number of rotatable bonds is 8. The van der Waals surface area contributed by atoms with E-state index in [1.54, 1.807) is 0 Å². The molecule has 1 aromatic carbocycles. The number of hydrogen-bond donors (Lipinski definition) is 1. The van der Waals surface area contributed by atoms with Crippen LogP contribution in [0.1, 0.15) is 42.5 Å². The van der Waals surface area contributed by atoms with E-state index in [0.717, 1.165) is 42.0 Å². The van der Waals surface area contributed by atoms with Crippen molar-refractivity contribution in [2.24, 2.45) is 5.92 Å². The molecule has 0 aliphatic heterocycles. The van der Waals surface area contributed by atoms with Crippen LogP contribution in [-0.2, 0) is 12.8 Å². The second-order valence-electron chi connectivity index (χ2n) is 7.17. The smallest absolute Gasteiger partial charge is 0.255 e. The van der Waals surface area contributed by atoms with Crippen LogP contribution in [0.4, 0.5) is 0 Å². The van der Waals surface area contributed by atoms with Crippen molar-refractivity contribution in [2.45, 2.75) is 33.6 Å². The van der Waals surface area contributed by atoms with E-state index < -0.39 is 0 Å². The molecule has 0 spiro atoms. The molecule has 0 aliphatic carbocycles. The number of carbonyl (C=O) groups excluding carboxylic acids is 1. The second-order valence-corrected chi connectivity index (χ2v) is 7.60. The number of amides is 1. The molecule has 0 aliphatic rings. The Morgan fingerprint density at radius 2 is 1.92 bits per heavy atom. The monoisotopic (exact) mass is 376 g/mol. The lowest BCUT2D eigenvalue weighted by Crippen LogP contribution is -2.32. The zero-order valence-corrected chi connectivity index (χ0v) is 17.1. The van der Waals surface area contributed by atoms with Crippen molar-refractivity contribution in [1.29, 1.82) is 0 Å². The summed E-state index contributed by atoms with van der Waals surface area (Å²) in [6.45, 7) is 7.75. The van der Waals surface area contributed by atoms with E-state index in [4.69, 9.17) is 16.7 Å². The van der Waals surface area contributed by atoms with Gasteiger partial charge in [0.2, 0.25) is 0 Å². The zero-order valence-electron chi connectivity index (χ0n) is 16.3. The van der Waals surface area contributed by atoms with E-state index in [0.29, 0.717) is 17.5 Å². The minimum atomic E-state index is -0.0421. The number of benzene rings is 1. The van der Waals surface area contributed by atoms with E-state index >= 15 is 0 Å². The minimum absolute atomic E-state index is 0.0421. The average molecular weight is 377 g/mol. The summed E-state index contributed by atoms with van der Waals surface area (Å²) in [5, 5.41) is 8.51. The standard InChI is InChI=1S/C20H29ClN4O/c1-6-18-19(20(26)22-11-12-24(4)5)17(13-14(2)3)23-25(18)16-9-7-15(21)8-10-16/h7-10,14H,6,11-13H2,1-5H3,(H,22,26). The molecule has 26 heavy (non-hydrogen) atoms. The predicted molar refractivity (Wildman–Crippen MR) is 107 cm³/mol. The quantitative estimate of drug-likeness (QED) is 0.766. The Kier molecular flexibility index (Phi) is 7.23. The Hall–Kier alpha value is -1.85. The zero-order chi connectivity index (χ0) is 19.3. The summed E-state index contributed by atoms with van der Waals surface area (Å²) in [6.07, 6.45) is 1.49. The van der Waals surface area contributed by atoms with Gasteiger partial charge >= 0.3 is 0 Å². The maximum absolute atomic E-state index is 12.9. The van der Waals surface area contributed by atoms with Crippen LogP contribution in [0.5, 0.6) is 0 Å². The molecule has 5 nitrogen and oxygen atoms in total. The largest absolute Gasteiger partial charge is 0.351 e. The van der Waals surface area contributed by atoms with Gasteiger partial charge < -0.3 is 10.2 Å². The highest BCUT2D eigenvalue weighted by Gasteiger charge is 2.23. The van der Waals surface area contributed by atoms with Crippen LogP contribution in [0.15, 0.2) is 24.3 Å². The Balaban J connectivity index is 2.43. The fourth-order valence-corrected chi connectivity index (χ4v) is 3.03. The summed E-state index contributed by atoms with van der Waals surface area (Å²) < 4.78 is 1.88. The topological polar surface area (TPSA) is 50.2 Å². The SMILES string of the molecule is CCc1c(C(=O)NCCN(C)C)c(CC(C)C)nn1-c1ccc(Cl)cc1. The molecule has 1 N–H and O–H groups in total. The average Bonchev–Trinajstić information content (AvgIpc) is 2.92. The van der Waals surface area contributed by atoms with Crippen LogP contribution >= 0.6 is 11.6 Å². The van der Waals surface area contributed by atoms with Crippen LogP contribution in [0.25, 0.3) is 5.69 Å². The van der Waals surface area contributed by atoms with Crippen LogP contribution in [-0.4, -0.2) is 47.8 Å². The Morgan fingerprint density at radius 1 is 1.27 bits per heavy atom. The Morgan fingerprint density at radius 3 is 2.46 bits per heavy atom. The van der Waals surface area contributed by atoms with Crippen LogP contribution in [0.2, 0.25) is 5.02 Å². The summed E-state index contributed by atoms with van der Waals surface area (Å²) in [5.41, 5.74) is 3.43. The van der Waals surface area contributed by atoms with Crippen molar-refractivity contribution in [3.63, 3.8) is 0 Å². The summed E-state index contributed by atoms with van der Waals surface area (Å²) >= 11 is 6.01. The Bertz CT molecular complexity index is 735. The van der Waals surface area contributed by atoms with Crippen molar-refractivity contribution in [3.05, 3.63) is 46.2 Å². The molecule has 0 radical (unpaired) electrons. The number of nitrogens with one attached hydrogen (secondary N) is 1. The van der Waals surface area contributed by atoms with Crippen molar-refractivity contribution in [2.75, 3.05) is 27.2 Å². The lowest BCUT2D eigenvalue weighted by molar-refractivity contribution is 0.0949. The summed E-state index contributed by atoms with van der Waals surface area (Å²) in [7, 11) is 3.98. The van der Waals surface area contributed by atoms with Gasteiger partial charge in [0.15, 0.2) is 0 Å². The van der Waals surface area contributed by atoms with Crippen molar-refractivity contribution >= 4 is 17.5 Å². The molecule has 2 aromatic rings. The number of hydrogen-bond acceptors (Lipinski definition) is 3. The van der Waals surface area contributed by atoms with Gasteiger partial charge in [-0.05, 0) is 57.1 Å². The van der Waals surface area contributed by atoms with Gasteiger partial charge in [0.1, 0.15) is 0 Å². The van der Waals surface area contributed by atoms with Gasteiger partial charge in [-0.15, -0.1) is 0 Å². The number of likely N-dealkylation sites (N-methyl/N-ethyl adjacent to an activating group) is 1. The predicted octanol–water partition coefficient (Wildman–Crippen LogP) is 3.58. The van der Waals surface area contributed by atoms with E-state index in [1.165, 1.54) is 0 Å². The molecule has 0 saturated heterocycles. The third kappa shape index (κ3) is 5.08. The van der Waals surface area contributed by atoms with Crippen molar-refractivity contribution in [1.82, 2.24) is 20.0 Å². The molecule has 1 amide bonds. The first-order valence-corrected chi connectivity index (χ1v) is 9.50. The van der Waals surface area contributed by atoms with E-state index in [2.05, 4.69) is 26.1 Å². The van der Waals surface area contributed by atoms with Gasteiger partial charge in [0.25, 0.3) is 5.91 Å². The molecule has 1 heterocycles. The number of nitrogens with zero attached hydrogens (tertiary/aromatic N) is 3. The highest BCUT2D eigenvalue weighted by molar-refractivity contribution is 6.30. The third-order valence-corrected chi connectivity index (χ3v) is 4.38. The molecule has 0 atom stereocenters. The van der Waals surface area contributed by atoms with Crippen LogP contribution in [0.3, 0.4) is 0 Å². The maximum Gasteiger partial charge on any atom is 0.255 e. The number of halogens is 1. The second kappa shape index (κ2) is 9.19. The Labute approximate surface area is 161 Å².